The number of rotatable bonds is 12. The van der Waals surface area contributed by atoms with Crippen molar-refractivity contribution >= 4 is 0 Å². The lowest BCUT2D eigenvalue weighted by atomic mass is 9.99. The molecular formula is C19H33NO. The van der Waals surface area contributed by atoms with Crippen LogP contribution >= 0.6 is 0 Å². The molecule has 120 valence electrons. The second kappa shape index (κ2) is 11.6. The van der Waals surface area contributed by atoms with E-state index in [1.54, 1.807) is 0 Å². The summed E-state index contributed by atoms with van der Waals surface area (Å²) in [4.78, 5) is 0. The van der Waals surface area contributed by atoms with E-state index in [4.69, 9.17) is 4.74 Å². The third-order valence-corrected chi connectivity index (χ3v) is 3.78. The van der Waals surface area contributed by atoms with Gasteiger partial charge in [0.15, 0.2) is 0 Å². The molecule has 0 spiro atoms. The Kier molecular flexibility index (Phi) is 9.98. The van der Waals surface area contributed by atoms with Crippen LogP contribution in [-0.4, -0.2) is 13.2 Å². The van der Waals surface area contributed by atoms with Crippen LogP contribution in [0.4, 0.5) is 0 Å². The minimum atomic E-state index is 0.460. The normalized spacial score (nSPS) is 12.3. The van der Waals surface area contributed by atoms with Crippen LogP contribution in [0, 0.1) is 0 Å². The Morgan fingerprint density at radius 2 is 1.81 bits per heavy atom. The van der Waals surface area contributed by atoms with Crippen molar-refractivity contribution in [3.8, 4) is 5.75 Å². The zero-order valence-electron chi connectivity index (χ0n) is 14.2. The summed E-state index contributed by atoms with van der Waals surface area (Å²) in [6.45, 7) is 8.40. The van der Waals surface area contributed by atoms with Crippen molar-refractivity contribution in [3.05, 3.63) is 29.8 Å². The lowest BCUT2D eigenvalue weighted by Crippen LogP contribution is -2.20. The summed E-state index contributed by atoms with van der Waals surface area (Å²) in [6.07, 6.45) is 8.97. The number of hydrogen-bond acceptors (Lipinski definition) is 2. The smallest absolute Gasteiger partial charge is 0.119 e. The topological polar surface area (TPSA) is 21.3 Å². The van der Waals surface area contributed by atoms with Gasteiger partial charge in [0.2, 0.25) is 0 Å². The van der Waals surface area contributed by atoms with Gasteiger partial charge in [0.1, 0.15) is 5.75 Å². The molecule has 0 aromatic heterocycles. The molecule has 2 nitrogen and oxygen atoms in total. The Hall–Kier alpha value is -1.02. The van der Waals surface area contributed by atoms with Crippen LogP contribution in [0.3, 0.4) is 0 Å². The molecule has 0 amide bonds. The van der Waals surface area contributed by atoms with E-state index in [9.17, 15) is 0 Å². The van der Waals surface area contributed by atoms with Crippen LogP contribution in [0.5, 0.6) is 5.75 Å². The lowest BCUT2D eigenvalue weighted by molar-refractivity contribution is 0.316. The summed E-state index contributed by atoms with van der Waals surface area (Å²) in [5.41, 5.74) is 1.36. The highest BCUT2D eigenvalue weighted by atomic mass is 16.5. The van der Waals surface area contributed by atoms with E-state index in [0.29, 0.717) is 6.04 Å². The van der Waals surface area contributed by atoms with Gasteiger partial charge in [-0.05, 0) is 37.1 Å². The van der Waals surface area contributed by atoms with Gasteiger partial charge in [-0.1, -0.05) is 65.0 Å². The highest BCUT2D eigenvalue weighted by molar-refractivity contribution is 5.30. The number of hydrogen-bond donors (Lipinski definition) is 1. The van der Waals surface area contributed by atoms with E-state index in [2.05, 4.69) is 50.4 Å². The summed E-state index contributed by atoms with van der Waals surface area (Å²) in [6, 6.07) is 9.06. The fourth-order valence-corrected chi connectivity index (χ4v) is 2.63. The first-order valence-corrected chi connectivity index (χ1v) is 8.77. The van der Waals surface area contributed by atoms with Crippen molar-refractivity contribution in [3.63, 3.8) is 0 Å². The molecule has 0 saturated carbocycles. The lowest BCUT2D eigenvalue weighted by Gasteiger charge is -2.19. The van der Waals surface area contributed by atoms with Crippen LogP contribution in [0.25, 0.3) is 0 Å². The summed E-state index contributed by atoms with van der Waals surface area (Å²) < 4.78 is 5.75. The van der Waals surface area contributed by atoms with Gasteiger partial charge in [-0.2, -0.15) is 0 Å². The SMILES string of the molecule is CCCCCCCC(NCC)c1cccc(OCCC)c1. The van der Waals surface area contributed by atoms with E-state index < -0.39 is 0 Å². The van der Waals surface area contributed by atoms with E-state index in [1.165, 1.54) is 44.1 Å². The number of ether oxygens (including phenoxy) is 1. The van der Waals surface area contributed by atoms with Gasteiger partial charge in [-0.25, -0.2) is 0 Å². The van der Waals surface area contributed by atoms with Crippen molar-refractivity contribution in [1.82, 2.24) is 5.32 Å². The van der Waals surface area contributed by atoms with Gasteiger partial charge in [0.25, 0.3) is 0 Å². The predicted molar refractivity (Wildman–Crippen MR) is 92.0 cm³/mol. The minimum absolute atomic E-state index is 0.460. The third kappa shape index (κ3) is 7.52. The number of nitrogens with one attached hydrogen (secondary N) is 1. The quantitative estimate of drug-likeness (QED) is 0.514. The highest BCUT2D eigenvalue weighted by Gasteiger charge is 2.10. The Morgan fingerprint density at radius 1 is 1.00 bits per heavy atom. The van der Waals surface area contributed by atoms with Crippen molar-refractivity contribution in [2.75, 3.05) is 13.2 Å². The molecule has 1 unspecified atom stereocenters. The molecule has 0 radical (unpaired) electrons. The molecule has 0 heterocycles. The zero-order valence-corrected chi connectivity index (χ0v) is 14.2. The Labute approximate surface area is 131 Å². The number of benzene rings is 1. The molecule has 0 fully saturated rings. The monoisotopic (exact) mass is 291 g/mol. The van der Waals surface area contributed by atoms with Crippen LogP contribution in [0.1, 0.15) is 77.3 Å². The highest BCUT2D eigenvalue weighted by Crippen LogP contribution is 2.24. The minimum Gasteiger partial charge on any atom is -0.494 e. The van der Waals surface area contributed by atoms with Gasteiger partial charge in [0, 0.05) is 6.04 Å². The molecule has 1 rings (SSSR count). The maximum Gasteiger partial charge on any atom is 0.119 e. The van der Waals surface area contributed by atoms with E-state index >= 15 is 0 Å². The average Bonchev–Trinajstić information content (AvgIpc) is 2.52. The molecule has 0 bridgehead atoms. The van der Waals surface area contributed by atoms with Crippen molar-refractivity contribution in [2.45, 2.75) is 71.8 Å². The fourth-order valence-electron chi connectivity index (χ4n) is 2.63. The Bertz CT molecular complexity index is 364. The van der Waals surface area contributed by atoms with E-state index in [-0.39, 0.29) is 0 Å². The molecule has 1 aromatic carbocycles. The number of unbranched alkanes of at least 4 members (excludes halogenated alkanes) is 4. The predicted octanol–water partition coefficient (Wildman–Crippen LogP) is 5.49. The molecule has 1 atom stereocenters. The molecule has 1 aromatic rings. The second-order valence-corrected chi connectivity index (χ2v) is 5.73. The van der Waals surface area contributed by atoms with E-state index in [1.807, 2.05) is 0 Å². The van der Waals surface area contributed by atoms with Crippen molar-refractivity contribution < 1.29 is 4.74 Å². The van der Waals surface area contributed by atoms with Gasteiger partial charge < -0.3 is 10.1 Å². The molecule has 2 heteroatoms. The van der Waals surface area contributed by atoms with Crippen LogP contribution < -0.4 is 10.1 Å². The Morgan fingerprint density at radius 3 is 2.52 bits per heavy atom. The largest absolute Gasteiger partial charge is 0.494 e. The summed E-state index contributed by atoms with van der Waals surface area (Å²) in [5.74, 6) is 1.00. The van der Waals surface area contributed by atoms with Gasteiger partial charge in [-0.15, -0.1) is 0 Å². The van der Waals surface area contributed by atoms with Crippen molar-refractivity contribution in [2.24, 2.45) is 0 Å². The first-order valence-electron chi connectivity index (χ1n) is 8.77. The molecule has 0 aliphatic heterocycles. The first-order chi connectivity index (χ1) is 10.3. The molecule has 0 aliphatic rings. The first kappa shape index (κ1) is 18.0. The van der Waals surface area contributed by atoms with E-state index in [0.717, 1.165) is 25.3 Å². The maximum absolute atomic E-state index is 5.75. The molecule has 0 aliphatic carbocycles. The fraction of sp³-hybridized carbons (Fsp3) is 0.684. The summed E-state index contributed by atoms with van der Waals surface area (Å²) in [5, 5.41) is 3.62. The maximum atomic E-state index is 5.75. The van der Waals surface area contributed by atoms with Crippen LogP contribution in [-0.2, 0) is 0 Å². The zero-order chi connectivity index (χ0) is 15.3. The summed E-state index contributed by atoms with van der Waals surface area (Å²) in [7, 11) is 0. The Balaban J connectivity index is 2.53. The third-order valence-electron chi connectivity index (χ3n) is 3.78. The van der Waals surface area contributed by atoms with Crippen LogP contribution in [0.15, 0.2) is 24.3 Å². The van der Waals surface area contributed by atoms with Gasteiger partial charge in [-0.3, -0.25) is 0 Å². The molecule has 21 heavy (non-hydrogen) atoms. The summed E-state index contributed by atoms with van der Waals surface area (Å²) >= 11 is 0. The second-order valence-electron chi connectivity index (χ2n) is 5.73. The molecule has 1 N–H and O–H groups in total. The average molecular weight is 291 g/mol. The van der Waals surface area contributed by atoms with Crippen LogP contribution in [0.2, 0.25) is 0 Å². The molecular weight excluding hydrogens is 258 g/mol. The van der Waals surface area contributed by atoms with Gasteiger partial charge >= 0.3 is 0 Å². The standard InChI is InChI=1S/C19H33NO/c1-4-7-8-9-10-14-19(20-6-3)17-12-11-13-18(16-17)21-15-5-2/h11-13,16,19-20H,4-10,14-15H2,1-3H3. The van der Waals surface area contributed by atoms with Gasteiger partial charge in [0.05, 0.1) is 6.61 Å². The van der Waals surface area contributed by atoms with Crippen molar-refractivity contribution in [1.29, 1.82) is 0 Å². The molecule has 0 saturated heterocycles.